The molecular formula is C24H36N2O4. The van der Waals surface area contributed by atoms with Crippen molar-refractivity contribution in [2.45, 2.75) is 71.8 Å². The zero-order valence-corrected chi connectivity index (χ0v) is 18.8. The van der Waals surface area contributed by atoms with Crippen LogP contribution < -0.4 is 5.32 Å². The number of unbranched alkanes of at least 4 members (excludes halogenated alkanes) is 2. The number of esters is 1. The van der Waals surface area contributed by atoms with Crippen molar-refractivity contribution in [2.75, 3.05) is 19.7 Å². The number of hydrogen-bond donors (Lipinski definition) is 1. The fraction of sp³-hybridized carbons (Fsp3) is 0.625. The highest BCUT2D eigenvalue weighted by molar-refractivity contribution is 5.93. The third-order valence-electron chi connectivity index (χ3n) is 5.48. The summed E-state index contributed by atoms with van der Waals surface area (Å²) in [5.74, 6) is -0.669. The van der Waals surface area contributed by atoms with E-state index in [0.29, 0.717) is 25.6 Å². The van der Waals surface area contributed by atoms with E-state index >= 15 is 0 Å². The number of piperazine rings is 1. The van der Waals surface area contributed by atoms with Crippen molar-refractivity contribution in [3.63, 3.8) is 0 Å². The molecule has 2 rings (SSSR count). The molecule has 1 heterocycles. The number of ether oxygens (including phenoxy) is 1. The van der Waals surface area contributed by atoms with E-state index in [9.17, 15) is 14.4 Å². The largest absolute Gasteiger partial charge is 0.466 e. The van der Waals surface area contributed by atoms with E-state index in [-0.39, 0.29) is 24.2 Å². The average Bonchev–Trinajstić information content (AvgIpc) is 2.72. The maximum absolute atomic E-state index is 13.2. The molecule has 0 aliphatic carbocycles. The van der Waals surface area contributed by atoms with Gasteiger partial charge in [0.15, 0.2) is 0 Å². The van der Waals surface area contributed by atoms with Gasteiger partial charge in [0.2, 0.25) is 11.8 Å². The molecule has 1 aliphatic heterocycles. The quantitative estimate of drug-likeness (QED) is 0.468. The summed E-state index contributed by atoms with van der Waals surface area (Å²) in [6.07, 6.45) is 3.74. The molecule has 2 unspecified atom stereocenters. The third kappa shape index (κ3) is 6.85. The Kier molecular flexibility index (Phi) is 9.34. The Morgan fingerprint density at radius 3 is 2.50 bits per heavy atom. The zero-order valence-electron chi connectivity index (χ0n) is 18.8. The lowest BCUT2D eigenvalue weighted by Crippen LogP contribution is -2.58. The van der Waals surface area contributed by atoms with Crippen molar-refractivity contribution in [2.24, 2.45) is 5.92 Å². The van der Waals surface area contributed by atoms with Crippen molar-refractivity contribution < 1.29 is 19.1 Å². The maximum Gasteiger partial charge on any atom is 0.308 e. The minimum Gasteiger partial charge on any atom is -0.466 e. The maximum atomic E-state index is 13.2. The molecule has 0 bridgehead atoms. The van der Waals surface area contributed by atoms with Crippen LogP contribution in [0.2, 0.25) is 0 Å². The highest BCUT2D eigenvalue weighted by atomic mass is 16.5. The number of carbonyl (C=O) groups is 3. The molecule has 1 aromatic carbocycles. The highest BCUT2D eigenvalue weighted by Crippen LogP contribution is 2.23. The average molecular weight is 417 g/mol. The Labute approximate surface area is 180 Å². The van der Waals surface area contributed by atoms with Gasteiger partial charge in [-0.25, -0.2) is 0 Å². The summed E-state index contributed by atoms with van der Waals surface area (Å²) in [5, 5.41) is 2.76. The number of hydrogen-bond acceptors (Lipinski definition) is 4. The standard InChI is InChI=1S/C24H36N2O4/c1-5-6-7-14-30-22(27)16-21-23(28)25-12-13-26(21)24(29)18(4)20-10-8-19(9-11-20)15-17(2)3/h8-11,17-18,21H,5-7,12-16H2,1-4H3,(H,25,28). The van der Waals surface area contributed by atoms with Gasteiger partial charge in [-0.2, -0.15) is 0 Å². The second-order valence-corrected chi connectivity index (χ2v) is 8.53. The van der Waals surface area contributed by atoms with E-state index in [0.717, 1.165) is 31.2 Å². The molecule has 30 heavy (non-hydrogen) atoms. The summed E-state index contributed by atoms with van der Waals surface area (Å²) in [6.45, 7) is 9.44. The molecule has 0 saturated carbocycles. The summed E-state index contributed by atoms with van der Waals surface area (Å²) in [6, 6.07) is 7.29. The van der Waals surface area contributed by atoms with Crippen LogP contribution in [0.25, 0.3) is 0 Å². The van der Waals surface area contributed by atoms with Crippen LogP contribution in [-0.4, -0.2) is 48.4 Å². The van der Waals surface area contributed by atoms with Crippen LogP contribution in [0.15, 0.2) is 24.3 Å². The van der Waals surface area contributed by atoms with Crippen LogP contribution in [0.3, 0.4) is 0 Å². The van der Waals surface area contributed by atoms with Gasteiger partial charge < -0.3 is 15.0 Å². The Morgan fingerprint density at radius 1 is 1.17 bits per heavy atom. The van der Waals surface area contributed by atoms with Gasteiger partial charge in [-0.15, -0.1) is 0 Å². The third-order valence-corrected chi connectivity index (χ3v) is 5.48. The summed E-state index contributed by atoms with van der Waals surface area (Å²) < 4.78 is 5.26. The first-order valence-corrected chi connectivity index (χ1v) is 11.2. The second kappa shape index (κ2) is 11.7. The van der Waals surface area contributed by atoms with E-state index in [1.807, 2.05) is 19.1 Å². The summed E-state index contributed by atoms with van der Waals surface area (Å²) in [4.78, 5) is 39.4. The van der Waals surface area contributed by atoms with Gasteiger partial charge in [-0.1, -0.05) is 57.9 Å². The van der Waals surface area contributed by atoms with Crippen LogP contribution in [0.1, 0.15) is 70.4 Å². The first-order valence-electron chi connectivity index (χ1n) is 11.2. The Bertz CT molecular complexity index is 714. The van der Waals surface area contributed by atoms with Gasteiger partial charge in [0.05, 0.1) is 18.9 Å². The summed E-state index contributed by atoms with van der Waals surface area (Å²) in [5.41, 5.74) is 2.16. The van der Waals surface area contributed by atoms with E-state index in [2.05, 4.69) is 38.2 Å². The molecule has 1 aliphatic rings. The van der Waals surface area contributed by atoms with E-state index < -0.39 is 12.0 Å². The first kappa shape index (κ1) is 23.9. The minimum atomic E-state index is -0.812. The van der Waals surface area contributed by atoms with Crippen molar-refractivity contribution >= 4 is 17.8 Å². The molecule has 6 heteroatoms. The SMILES string of the molecule is CCCCCOC(=O)CC1C(=O)NCCN1C(=O)C(C)c1ccc(CC(C)C)cc1. The van der Waals surface area contributed by atoms with Gasteiger partial charge >= 0.3 is 5.97 Å². The normalized spacial score (nSPS) is 17.6. The van der Waals surface area contributed by atoms with Gasteiger partial charge in [-0.05, 0) is 36.8 Å². The number of benzene rings is 1. The predicted molar refractivity (Wildman–Crippen MR) is 117 cm³/mol. The molecule has 0 aromatic heterocycles. The highest BCUT2D eigenvalue weighted by Gasteiger charge is 2.37. The lowest BCUT2D eigenvalue weighted by Gasteiger charge is -2.36. The van der Waals surface area contributed by atoms with E-state index in [1.54, 1.807) is 4.90 Å². The van der Waals surface area contributed by atoms with Crippen LogP contribution >= 0.6 is 0 Å². The fourth-order valence-electron chi connectivity index (χ4n) is 3.74. The van der Waals surface area contributed by atoms with Gasteiger partial charge in [-0.3, -0.25) is 14.4 Å². The summed E-state index contributed by atoms with van der Waals surface area (Å²) >= 11 is 0. The number of amides is 2. The van der Waals surface area contributed by atoms with Gasteiger partial charge in [0.25, 0.3) is 0 Å². The van der Waals surface area contributed by atoms with Crippen LogP contribution in [0.5, 0.6) is 0 Å². The predicted octanol–water partition coefficient (Wildman–Crippen LogP) is 3.44. The van der Waals surface area contributed by atoms with E-state index in [1.165, 1.54) is 5.56 Å². The molecule has 1 N–H and O–H groups in total. The Balaban J connectivity index is 2.03. The molecule has 2 atom stereocenters. The molecule has 1 aromatic rings. The number of carbonyl (C=O) groups excluding carboxylic acids is 3. The van der Waals surface area contributed by atoms with Crippen molar-refractivity contribution in [1.82, 2.24) is 10.2 Å². The number of nitrogens with one attached hydrogen (secondary N) is 1. The van der Waals surface area contributed by atoms with Crippen molar-refractivity contribution in [3.05, 3.63) is 35.4 Å². The molecule has 0 radical (unpaired) electrons. The van der Waals surface area contributed by atoms with E-state index in [4.69, 9.17) is 4.74 Å². The van der Waals surface area contributed by atoms with Crippen molar-refractivity contribution in [1.29, 1.82) is 0 Å². The lowest BCUT2D eigenvalue weighted by molar-refractivity contribution is -0.152. The number of rotatable bonds is 10. The van der Waals surface area contributed by atoms with Gasteiger partial charge in [0, 0.05) is 13.1 Å². The second-order valence-electron chi connectivity index (χ2n) is 8.53. The zero-order chi connectivity index (χ0) is 22.1. The molecular weight excluding hydrogens is 380 g/mol. The number of nitrogens with zero attached hydrogens (tertiary/aromatic N) is 1. The molecule has 1 fully saturated rings. The fourth-order valence-corrected chi connectivity index (χ4v) is 3.74. The van der Waals surface area contributed by atoms with Gasteiger partial charge in [0.1, 0.15) is 6.04 Å². The smallest absolute Gasteiger partial charge is 0.308 e. The monoisotopic (exact) mass is 416 g/mol. The van der Waals surface area contributed by atoms with Crippen molar-refractivity contribution in [3.8, 4) is 0 Å². The first-order chi connectivity index (χ1) is 14.3. The van der Waals surface area contributed by atoms with Crippen LogP contribution in [0, 0.1) is 5.92 Å². The molecule has 0 spiro atoms. The van der Waals surface area contributed by atoms with Crippen LogP contribution in [0.4, 0.5) is 0 Å². The summed E-state index contributed by atoms with van der Waals surface area (Å²) in [7, 11) is 0. The van der Waals surface area contributed by atoms with Crippen LogP contribution in [-0.2, 0) is 25.5 Å². The Morgan fingerprint density at radius 2 is 1.87 bits per heavy atom. The molecule has 1 saturated heterocycles. The molecule has 6 nitrogen and oxygen atoms in total. The lowest BCUT2D eigenvalue weighted by atomic mass is 9.95. The molecule has 166 valence electrons. The minimum absolute atomic E-state index is 0.107. The molecule has 2 amide bonds. The Hall–Kier alpha value is -2.37. The topological polar surface area (TPSA) is 75.7 Å².